The highest BCUT2D eigenvalue weighted by molar-refractivity contribution is 9.11. The summed E-state index contributed by atoms with van der Waals surface area (Å²) < 4.78 is 7.40. The normalized spacial score (nSPS) is 10.7. The third-order valence-corrected chi connectivity index (χ3v) is 4.22. The highest BCUT2D eigenvalue weighted by atomic mass is 79.9. The van der Waals surface area contributed by atoms with Crippen LogP contribution < -0.4 is 16.0 Å². The largest absolute Gasteiger partial charge is 0.490 e. The maximum absolute atomic E-state index is 11.1. The van der Waals surface area contributed by atoms with Crippen LogP contribution in [0.15, 0.2) is 27.1 Å². The molecule has 0 atom stereocenters. The van der Waals surface area contributed by atoms with Crippen LogP contribution in [-0.2, 0) is 4.79 Å². The highest BCUT2D eigenvalue weighted by Gasteiger charge is 2.13. The molecule has 1 amide bonds. The second-order valence-corrected chi connectivity index (χ2v) is 6.31. The molecule has 0 saturated heterocycles. The van der Waals surface area contributed by atoms with Crippen LogP contribution in [0.25, 0.3) is 10.9 Å². The number of carbonyl (C=O) groups excluding carboxylic acids is 1. The minimum Gasteiger partial charge on any atom is -0.490 e. The van der Waals surface area contributed by atoms with Crippen LogP contribution in [0.5, 0.6) is 5.75 Å². The van der Waals surface area contributed by atoms with Gasteiger partial charge in [0.25, 0.3) is 0 Å². The van der Waals surface area contributed by atoms with Crippen LogP contribution in [0.4, 0.5) is 0 Å². The van der Waals surface area contributed by atoms with Crippen LogP contribution in [0, 0.1) is 0 Å². The molecular formula is C13H12Br2ClN3O2. The molecule has 5 nitrogen and oxygen atoms in total. The van der Waals surface area contributed by atoms with E-state index in [9.17, 15) is 4.79 Å². The Hall–Kier alpha value is -0.890. The minimum absolute atomic E-state index is 0.223. The van der Waals surface area contributed by atoms with E-state index >= 15 is 0 Å². The number of amides is 1. The smallest absolute Gasteiger partial charge is 0.234 e. The number of aromatic nitrogens is 1. The molecule has 21 heavy (non-hydrogen) atoms. The number of ether oxygens (including phenoxy) is 1. The maximum atomic E-state index is 11.1. The monoisotopic (exact) mass is 435 g/mol. The van der Waals surface area contributed by atoms with Crippen LogP contribution in [0.3, 0.4) is 0 Å². The van der Waals surface area contributed by atoms with Crippen LogP contribution in [-0.4, -0.2) is 17.5 Å². The first-order chi connectivity index (χ1) is 10.0. The van der Waals surface area contributed by atoms with Gasteiger partial charge in [-0.3, -0.25) is 10.2 Å². The van der Waals surface area contributed by atoms with Gasteiger partial charge in [0.05, 0.1) is 11.1 Å². The minimum atomic E-state index is -0.223. The lowest BCUT2D eigenvalue weighted by Gasteiger charge is -2.12. The fourth-order valence-corrected chi connectivity index (χ4v) is 3.32. The van der Waals surface area contributed by atoms with Gasteiger partial charge in [-0.25, -0.2) is 10.8 Å². The van der Waals surface area contributed by atoms with E-state index in [1.165, 1.54) is 0 Å². The first kappa shape index (κ1) is 16.5. The van der Waals surface area contributed by atoms with Crippen molar-refractivity contribution in [1.29, 1.82) is 0 Å². The third kappa shape index (κ3) is 4.06. The summed E-state index contributed by atoms with van der Waals surface area (Å²) in [5, 5.41) is 1.29. The third-order valence-electron chi connectivity index (χ3n) is 2.76. The average molecular weight is 438 g/mol. The van der Waals surface area contributed by atoms with Gasteiger partial charge in [0.2, 0.25) is 5.91 Å². The Morgan fingerprint density at radius 2 is 2.14 bits per heavy atom. The molecule has 0 aliphatic rings. The molecule has 0 bridgehead atoms. The SMILES string of the molecule is NNC(=O)CCCOc1c(Br)cc(Br)c2ccc(Cl)nc12. The molecule has 1 heterocycles. The zero-order chi connectivity index (χ0) is 15.4. The molecule has 1 aromatic heterocycles. The molecule has 0 unspecified atom stereocenters. The number of hydrogen-bond acceptors (Lipinski definition) is 4. The summed E-state index contributed by atoms with van der Waals surface area (Å²) in [5.41, 5.74) is 2.74. The topological polar surface area (TPSA) is 77.2 Å². The van der Waals surface area contributed by atoms with Gasteiger partial charge in [0.15, 0.2) is 5.75 Å². The van der Waals surface area contributed by atoms with E-state index in [0.717, 1.165) is 14.3 Å². The zero-order valence-electron chi connectivity index (χ0n) is 10.8. The number of carbonyl (C=O) groups is 1. The molecular weight excluding hydrogens is 425 g/mol. The number of nitrogens with zero attached hydrogens (tertiary/aromatic N) is 1. The predicted octanol–water partition coefficient (Wildman–Crippen LogP) is 3.56. The maximum Gasteiger partial charge on any atom is 0.234 e. The summed E-state index contributed by atoms with van der Waals surface area (Å²) in [5.74, 6) is 5.40. The molecule has 0 fully saturated rings. The molecule has 0 saturated carbocycles. The number of nitrogens with one attached hydrogen (secondary N) is 1. The number of hydrazine groups is 1. The average Bonchev–Trinajstić information content (AvgIpc) is 2.45. The molecule has 0 spiro atoms. The Morgan fingerprint density at radius 1 is 1.38 bits per heavy atom. The quantitative estimate of drug-likeness (QED) is 0.247. The fraction of sp³-hybridized carbons (Fsp3) is 0.231. The van der Waals surface area contributed by atoms with Gasteiger partial charge >= 0.3 is 0 Å². The lowest BCUT2D eigenvalue weighted by molar-refractivity contribution is -0.121. The second kappa shape index (κ2) is 7.40. The Labute approximate surface area is 143 Å². The number of benzene rings is 1. The Balaban J connectivity index is 2.22. The van der Waals surface area contributed by atoms with E-state index in [-0.39, 0.29) is 5.91 Å². The number of hydrogen-bond donors (Lipinski definition) is 2. The van der Waals surface area contributed by atoms with Crippen molar-refractivity contribution in [3.63, 3.8) is 0 Å². The van der Waals surface area contributed by atoms with E-state index < -0.39 is 0 Å². The molecule has 0 radical (unpaired) electrons. The number of halogens is 3. The number of fused-ring (bicyclic) bond motifs is 1. The van der Waals surface area contributed by atoms with Gasteiger partial charge in [0.1, 0.15) is 10.7 Å². The molecule has 112 valence electrons. The number of pyridine rings is 1. The number of rotatable bonds is 5. The lowest BCUT2D eigenvalue weighted by Crippen LogP contribution is -2.29. The fourth-order valence-electron chi connectivity index (χ4n) is 1.79. The Bertz CT molecular complexity index is 682. The van der Waals surface area contributed by atoms with E-state index in [2.05, 4.69) is 42.3 Å². The summed E-state index contributed by atoms with van der Waals surface area (Å²) in [4.78, 5) is 15.4. The van der Waals surface area contributed by atoms with Crippen LogP contribution in [0.1, 0.15) is 12.8 Å². The van der Waals surface area contributed by atoms with Gasteiger partial charge in [0, 0.05) is 16.3 Å². The first-order valence-electron chi connectivity index (χ1n) is 6.09. The molecule has 0 aliphatic carbocycles. The molecule has 0 aliphatic heterocycles. The highest BCUT2D eigenvalue weighted by Crippen LogP contribution is 2.38. The van der Waals surface area contributed by atoms with Crippen molar-refractivity contribution in [2.24, 2.45) is 5.84 Å². The summed E-state index contributed by atoms with van der Waals surface area (Å²) in [6.07, 6.45) is 0.852. The predicted molar refractivity (Wildman–Crippen MR) is 89.2 cm³/mol. The van der Waals surface area contributed by atoms with Gasteiger partial charge < -0.3 is 4.74 Å². The van der Waals surface area contributed by atoms with Crippen molar-refractivity contribution in [3.8, 4) is 5.75 Å². The van der Waals surface area contributed by atoms with E-state index in [1.54, 1.807) is 6.07 Å². The molecule has 2 aromatic rings. The molecule has 3 N–H and O–H groups in total. The van der Waals surface area contributed by atoms with E-state index in [4.69, 9.17) is 22.2 Å². The lowest BCUT2D eigenvalue weighted by atomic mass is 10.2. The first-order valence-corrected chi connectivity index (χ1v) is 8.06. The Kier molecular flexibility index (Phi) is 5.80. The summed E-state index contributed by atoms with van der Waals surface area (Å²) in [7, 11) is 0. The van der Waals surface area contributed by atoms with Crippen molar-refractivity contribution in [2.45, 2.75) is 12.8 Å². The van der Waals surface area contributed by atoms with E-state index in [0.29, 0.717) is 35.9 Å². The van der Waals surface area contributed by atoms with Crippen molar-refractivity contribution >= 4 is 60.3 Å². The zero-order valence-corrected chi connectivity index (χ0v) is 14.8. The number of nitrogens with two attached hydrogens (primary N) is 1. The van der Waals surface area contributed by atoms with Crippen molar-refractivity contribution < 1.29 is 9.53 Å². The van der Waals surface area contributed by atoms with Crippen LogP contribution >= 0.6 is 43.5 Å². The molecule has 2 rings (SSSR count). The summed E-state index contributed by atoms with van der Waals surface area (Å²) >= 11 is 12.9. The van der Waals surface area contributed by atoms with Gasteiger partial charge in [-0.15, -0.1) is 0 Å². The standard InChI is InChI=1S/C13H12Br2ClN3O2/c14-8-6-9(15)13(21-5-1-2-11(20)19-17)12-7(8)3-4-10(16)18-12/h3-4,6H,1-2,5,17H2,(H,19,20). The van der Waals surface area contributed by atoms with Crippen molar-refractivity contribution in [3.05, 3.63) is 32.3 Å². The van der Waals surface area contributed by atoms with Crippen molar-refractivity contribution in [1.82, 2.24) is 10.4 Å². The molecule has 1 aromatic carbocycles. The summed E-state index contributed by atoms with van der Waals surface area (Å²) in [6.45, 7) is 0.372. The van der Waals surface area contributed by atoms with Crippen LogP contribution in [0.2, 0.25) is 5.15 Å². The molecule has 8 heteroatoms. The van der Waals surface area contributed by atoms with Crippen molar-refractivity contribution in [2.75, 3.05) is 6.61 Å². The van der Waals surface area contributed by atoms with E-state index in [1.807, 2.05) is 12.1 Å². The Morgan fingerprint density at radius 3 is 2.86 bits per heavy atom. The van der Waals surface area contributed by atoms with Gasteiger partial charge in [-0.05, 0) is 40.5 Å². The van der Waals surface area contributed by atoms with Gasteiger partial charge in [-0.1, -0.05) is 27.5 Å². The summed E-state index contributed by atoms with van der Waals surface area (Å²) in [6, 6.07) is 5.48. The van der Waals surface area contributed by atoms with Gasteiger partial charge in [-0.2, -0.15) is 0 Å². The second-order valence-electron chi connectivity index (χ2n) is 4.22.